The van der Waals surface area contributed by atoms with Gasteiger partial charge < -0.3 is 10.5 Å². The van der Waals surface area contributed by atoms with Crippen molar-refractivity contribution >= 4 is 11.8 Å². The minimum atomic E-state index is 0.156. The van der Waals surface area contributed by atoms with Crippen LogP contribution in [0.3, 0.4) is 0 Å². The summed E-state index contributed by atoms with van der Waals surface area (Å²) in [5.74, 6) is 1.75. The summed E-state index contributed by atoms with van der Waals surface area (Å²) < 4.78 is 5.86. The van der Waals surface area contributed by atoms with E-state index in [1.165, 1.54) is 5.75 Å². The van der Waals surface area contributed by atoms with Crippen LogP contribution in [0.1, 0.15) is 26.7 Å². The van der Waals surface area contributed by atoms with Gasteiger partial charge in [-0.25, -0.2) is 0 Å². The van der Waals surface area contributed by atoms with Gasteiger partial charge in [0.1, 0.15) is 0 Å². The van der Waals surface area contributed by atoms with Crippen molar-refractivity contribution in [2.24, 2.45) is 11.7 Å². The molecule has 1 heterocycles. The Balaban J connectivity index is 2.65. The highest BCUT2D eigenvalue weighted by Gasteiger charge is 2.39. The van der Waals surface area contributed by atoms with E-state index in [2.05, 4.69) is 32.1 Å². The Morgan fingerprint density at radius 1 is 1.53 bits per heavy atom. The molecule has 17 heavy (non-hydrogen) atoms. The first kappa shape index (κ1) is 15.3. The lowest BCUT2D eigenvalue weighted by atomic mass is 9.82. The molecule has 102 valence electrons. The maximum absolute atomic E-state index is 6.07. The quantitative estimate of drug-likeness (QED) is 0.790. The van der Waals surface area contributed by atoms with Crippen molar-refractivity contribution in [2.75, 3.05) is 38.8 Å². The van der Waals surface area contributed by atoms with Crippen LogP contribution in [-0.2, 0) is 4.74 Å². The van der Waals surface area contributed by atoms with Crippen LogP contribution < -0.4 is 5.73 Å². The Labute approximate surface area is 110 Å². The Kier molecular flexibility index (Phi) is 6.27. The van der Waals surface area contributed by atoms with Gasteiger partial charge in [0.25, 0.3) is 0 Å². The van der Waals surface area contributed by atoms with Crippen LogP contribution in [-0.4, -0.2) is 55.3 Å². The molecule has 2 atom stereocenters. The maximum atomic E-state index is 6.07. The third kappa shape index (κ3) is 3.85. The normalized spacial score (nSPS) is 30.2. The Morgan fingerprint density at radius 3 is 2.76 bits per heavy atom. The van der Waals surface area contributed by atoms with Crippen molar-refractivity contribution in [1.82, 2.24) is 4.90 Å². The van der Waals surface area contributed by atoms with E-state index in [-0.39, 0.29) is 5.54 Å². The monoisotopic (exact) mass is 260 g/mol. The first-order chi connectivity index (χ1) is 8.05. The van der Waals surface area contributed by atoms with E-state index in [1.54, 1.807) is 0 Å². The van der Waals surface area contributed by atoms with Gasteiger partial charge in [0.05, 0.1) is 6.10 Å². The molecular formula is C13H28N2OS. The van der Waals surface area contributed by atoms with E-state index in [0.717, 1.165) is 32.5 Å². The molecule has 0 aromatic heterocycles. The van der Waals surface area contributed by atoms with Gasteiger partial charge in [0.15, 0.2) is 0 Å². The van der Waals surface area contributed by atoms with E-state index >= 15 is 0 Å². The molecule has 0 bridgehead atoms. The van der Waals surface area contributed by atoms with Gasteiger partial charge in [0.2, 0.25) is 0 Å². The standard InChI is InChI=1S/C13H28N2OS/c1-11(2)12-9-13(10-14,5-7-16-12)15(3)6-8-17-4/h11-12H,5-10,14H2,1-4H3. The lowest BCUT2D eigenvalue weighted by Gasteiger charge is -2.47. The highest BCUT2D eigenvalue weighted by molar-refractivity contribution is 7.98. The molecule has 2 unspecified atom stereocenters. The second-order valence-corrected chi connectivity index (χ2v) is 6.44. The van der Waals surface area contributed by atoms with Crippen LogP contribution in [0.4, 0.5) is 0 Å². The molecule has 2 N–H and O–H groups in total. The van der Waals surface area contributed by atoms with Crippen molar-refractivity contribution < 1.29 is 4.74 Å². The fourth-order valence-electron chi connectivity index (χ4n) is 2.52. The first-order valence-corrected chi connectivity index (χ1v) is 7.97. The predicted octanol–water partition coefficient (Wildman–Crippen LogP) is 1.81. The van der Waals surface area contributed by atoms with Crippen LogP contribution in [0.2, 0.25) is 0 Å². The molecule has 3 nitrogen and oxygen atoms in total. The first-order valence-electron chi connectivity index (χ1n) is 6.57. The fraction of sp³-hybridized carbons (Fsp3) is 1.00. The Morgan fingerprint density at radius 2 is 2.24 bits per heavy atom. The number of nitrogens with two attached hydrogens (primary N) is 1. The number of nitrogens with zero attached hydrogens (tertiary/aromatic N) is 1. The summed E-state index contributed by atoms with van der Waals surface area (Å²) in [4.78, 5) is 2.46. The van der Waals surface area contributed by atoms with Crippen LogP contribution in [0, 0.1) is 5.92 Å². The number of ether oxygens (including phenoxy) is 1. The lowest BCUT2D eigenvalue weighted by Crippen LogP contribution is -2.58. The topological polar surface area (TPSA) is 38.5 Å². The van der Waals surface area contributed by atoms with Crippen LogP contribution in [0.15, 0.2) is 0 Å². The van der Waals surface area contributed by atoms with Gasteiger partial charge in [-0.1, -0.05) is 13.8 Å². The summed E-state index contributed by atoms with van der Waals surface area (Å²) in [5, 5.41) is 0. The van der Waals surface area contributed by atoms with Crippen molar-refractivity contribution in [3.05, 3.63) is 0 Å². The third-order valence-electron chi connectivity index (χ3n) is 4.04. The molecule has 0 radical (unpaired) electrons. The van der Waals surface area contributed by atoms with E-state index in [0.29, 0.717) is 12.0 Å². The number of hydrogen-bond donors (Lipinski definition) is 1. The molecular weight excluding hydrogens is 232 g/mol. The highest BCUT2D eigenvalue weighted by Crippen LogP contribution is 2.32. The Bertz CT molecular complexity index is 225. The van der Waals surface area contributed by atoms with Crippen molar-refractivity contribution in [3.63, 3.8) is 0 Å². The second-order valence-electron chi connectivity index (χ2n) is 5.45. The fourth-order valence-corrected chi connectivity index (χ4v) is 2.97. The van der Waals surface area contributed by atoms with Gasteiger partial charge in [-0.15, -0.1) is 0 Å². The average Bonchev–Trinajstić information content (AvgIpc) is 2.35. The lowest BCUT2D eigenvalue weighted by molar-refractivity contribution is -0.0801. The van der Waals surface area contributed by atoms with Gasteiger partial charge >= 0.3 is 0 Å². The van der Waals surface area contributed by atoms with Gasteiger partial charge in [-0.05, 0) is 32.1 Å². The van der Waals surface area contributed by atoms with Gasteiger partial charge in [-0.2, -0.15) is 11.8 Å². The summed E-state index contributed by atoms with van der Waals surface area (Å²) >= 11 is 1.90. The highest BCUT2D eigenvalue weighted by atomic mass is 32.2. The zero-order valence-electron chi connectivity index (χ0n) is 11.7. The molecule has 0 aromatic carbocycles. The van der Waals surface area contributed by atoms with Crippen LogP contribution in [0.5, 0.6) is 0 Å². The molecule has 0 spiro atoms. The zero-order chi connectivity index (χ0) is 12.9. The smallest absolute Gasteiger partial charge is 0.0616 e. The Hall–Kier alpha value is 0.230. The molecule has 1 aliphatic heterocycles. The van der Waals surface area contributed by atoms with E-state index in [4.69, 9.17) is 10.5 Å². The number of hydrogen-bond acceptors (Lipinski definition) is 4. The summed E-state index contributed by atoms with van der Waals surface area (Å²) in [6, 6.07) is 0. The summed E-state index contributed by atoms with van der Waals surface area (Å²) in [7, 11) is 2.21. The largest absolute Gasteiger partial charge is 0.378 e. The van der Waals surface area contributed by atoms with E-state index in [9.17, 15) is 0 Å². The summed E-state index contributed by atoms with van der Waals surface area (Å²) in [5.41, 5.74) is 6.22. The third-order valence-corrected chi connectivity index (χ3v) is 4.64. The predicted molar refractivity (Wildman–Crippen MR) is 76.6 cm³/mol. The zero-order valence-corrected chi connectivity index (χ0v) is 12.6. The second kappa shape index (κ2) is 6.98. The van der Waals surface area contributed by atoms with Crippen molar-refractivity contribution in [2.45, 2.75) is 38.3 Å². The molecule has 1 rings (SSSR count). The van der Waals surface area contributed by atoms with E-state index < -0.39 is 0 Å². The number of rotatable bonds is 6. The minimum absolute atomic E-state index is 0.156. The molecule has 1 aliphatic rings. The summed E-state index contributed by atoms with van der Waals surface area (Å²) in [6.45, 7) is 7.18. The molecule has 0 saturated carbocycles. The number of thioether (sulfide) groups is 1. The van der Waals surface area contributed by atoms with Gasteiger partial charge in [0, 0.05) is 31.0 Å². The van der Waals surface area contributed by atoms with Crippen LogP contribution >= 0.6 is 11.8 Å². The molecule has 1 fully saturated rings. The molecule has 4 heteroatoms. The molecule has 0 amide bonds. The van der Waals surface area contributed by atoms with Crippen LogP contribution in [0.25, 0.3) is 0 Å². The number of likely N-dealkylation sites (N-methyl/N-ethyl adjacent to an activating group) is 1. The minimum Gasteiger partial charge on any atom is -0.378 e. The SMILES string of the molecule is CSCCN(C)C1(CN)CCOC(C(C)C)C1. The molecule has 1 saturated heterocycles. The van der Waals surface area contributed by atoms with Crippen molar-refractivity contribution in [3.8, 4) is 0 Å². The van der Waals surface area contributed by atoms with E-state index in [1.807, 2.05) is 11.8 Å². The van der Waals surface area contributed by atoms with Gasteiger partial charge in [-0.3, -0.25) is 4.90 Å². The maximum Gasteiger partial charge on any atom is 0.0616 e. The molecule has 0 aliphatic carbocycles. The average molecular weight is 260 g/mol. The summed E-state index contributed by atoms with van der Waals surface area (Å²) in [6.07, 6.45) is 4.66. The molecule has 0 aromatic rings. The van der Waals surface area contributed by atoms with Crippen molar-refractivity contribution in [1.29, 1.82) is 0 Å².